The molecule has 0 spiro atoms. The van der Waals surface area contributed by atoms with E-state index in [1.54, 1.807) is 14.2 Å². The van der Waals surface area contributed by atoms with Crippen molar-refractivity contribution < 1.29 is 14.3 Å². The van der Waals surface area contributed by atoms with Crippen molar-refractivity contribution in [1.29, 1.82) is 0 Å². The molecule has 1 aromatic rings. The molecule has 1 heterocycles. The maximum absolute atomic E-state index is 12.3. The van der Waals surface area contributed by atoms with Gasteiger partial charge in [0.15, 0.2) is 11.5 Å². The molecule has 1 fully saturated rings. The topological polar surface area (TPSA) is 54.0 Å². The van der Waals surface area contributed by atoms with Crippen LogP contribution in [-0.4, -0.2) is 68.8 Å². The minimum absolute atomic E-state index is 0.0317. The quantitative estimate of drug-likeness (QED) is 0.821. The molecule has 0 radical (unpaired) electrons. The van der Waals surface area contributed by atoms with Crippen LogP contribution in [0.25, 0.3) is 0 Å². The Morgan fingerprint density at radius 1 is 1.16 bits per heavy atom. The molecule has 1 aliphatic heterocycles. The Balaban J connectivity index is 1.76. The number of carbonyl (C=O) groups is 1. The highest BCUT2D eigenvalue weighted by Crippen LogP contribution is 2.27. The number of rotatable bonds is 7. The maximum Gasteiger partial charge on any atom is 0.317 e. The van der Waals surface area contributed by atoms with E-state index in [1.165, 1.54) is 0 Å². The number of nitrogens with zero attached hydrogens (tertiary/aromatic N) is 2. The van der Waals surface area contributed by atoms with Crippen LogP contribution < -0.4 is 14.8 Å². The molecular formula is C19H31N3O3. The van der Waals surface area contributed by atoms with E-state index in [-0.39, 0.29) is 6.03 Å². The van der Waals surface area contributed by atoms with E-state index in [9.17, 15) is 4.79 Å². The fraction of sp³-hybridized carbons (Fsp3) is 0.632. The van der Waals surface area contributed by atoms with Crippen LogP contribution in [0.2, 0.25) is 0 Å². The molecule has 1 N–H and O–H groups in total. The number of amides is 2. The summed E-state index contributed by atoms with van der Waals surface area (Å²) >= 11 is 0. The van der Waals surface area contributed by atoms with Crippen molar-refractivity contribution in [3.05, 3.63) is 23.8 Å². The van der Waals surface area contributed by atoms with E-state index < -0.39 is 0 Å². The van der Waals surface area contributed by atoms with Crippen molar-refractivity contribution in [1.82, 2.24) is 15.1 Å². The second-order valence-electron chi connectivity index (χ2n) is 6.45. The SMILES string of the molecule is CCC(C)N1CCN(C(=O)NCCc2ccc(OC)c(OC)c2)CC1. The molecule has 2 amide bonds. The largest absolute Gasteiger partial charge is 0.493 e. The highest BCUT2D eigenvalue weighted by Gasteiger charge is 2.22. The van der Waals surface area contributed by atoms with Crippen LogP contribution in [-0.2, 0) is 6.42 Å². The number of nitrogens with one attached hydrogen (secondary N) is 1. The van der Waals surface area contributed by atoms with Gasteiger partial charge in [-0.3, -0.25) is 4.90 Å². The molecule has 1 aliphatic rings. The average molecular weight is 349 g/mol. The summed E-state index contributed by atoms with van der Waals surface area (Å²) in [4.78, 5) is 16.7. The van der Waals surface area contributed by atoms with Crippen LogP contribution in [0.5, 0.6) is 11.5 Å². The van der Waals surface area contributed by atoms with Crippen molar-refractivity contribution in [2.24, 2.45) is 0 Å². The van der Waals surface area contributed by atoms with Gasteiger partial charge in [0.2, 0.25) is 0 Å². The molecule has 140 valence electrons. The summed E-state index contributed by atoms with van der Waals surface area (Å²) in [5.41, 5.74) is 1.11. The van der Waals surface area contributed by atoms with E-state index in [2.05, 4.69) is 24.1 Å². The molecule has 0 aliphatic carbocycles. The molecule has 1 atom stereocenters. The molecule has 25 heavy (non-hydrogen) atoms. The molecule has 1 unspecified atom stereocenters. The van der Waals surface area contributed by atoms with Gasteiger partial charge in [0, 0.05) is 38.8 Å². The number of hydrogen-bond acceptors (Lipinski definition) is 4. The zero-order chi connectivity index (χ0) is 18.2. The second kappa shape index (κ2) is 9.51. The fourth-order valence-electron chi connectivity index (χ4n) is 3.09. The normalized spacial score (nSPS) is 16.4. The number of benzene rings is 1. The first-order chi connectivity index (χ1) is 12.1. The molecule has 1 aromatic carbocycles. The smallest absolute Gasteiger partial charge is 0.317 e. The van der Waals surface area contributed by atoms with Gasteiger partial charge in [-0.2, -0.15) is 0 Å². The summed E-state index contributed by atoms with van der Waals surface area (Å²) in [5.74, 6) is 1.43. The number of carbonyl (C=O) groups excluding carboxylic acids is 1. The lowest BCUT2D eigenvalue weighted by atomic mass is 10.1. The zero-order valence-corrected chi connectivity index (χ0v) is 15.9. The number of methoxy groups -OCH3 is 2. The summed E-state index contributed by atoms with van der Waals surface area (Å²) < 4.78 is 10.6. The first kappa shape index (κ1) is 19.4. The van der Waals surface area contributed by atoms with Gasteiger partial charge >= 0.3 is 6.03 Å². The van der Waals surface area contributed by atoms with E-state index in [0.717, 1.165) is 50.3 Å². The number of piperazine rings is 1. The molecule has 6 nitrogen and oxygen atoms in total. The highest BCUT2D eigenvalue weighted by atomic mass is 16.5. The third-order valence-electron chi connectivity index (χ3n) is 4.95. The van der Waals surface area contributed by atoms with Crippen LogP contribution in [0, 0.1) is 0 Å². The van der Waals surface area contributed by atoms with Crippen molar-refractivity contribution >= 4 is 6.03 Å². The van der Waals surface area contributed by atoms with Crippen LogP contribution in [0.1, 0.15) is 25.8 Å². The summed E-state index contributed by atoms with van der Waals surface area (Å²) in [6, 6.07) is 6.47. The molecule has 6 heteroatoms. The van der Waals surface area contributed by atoms with E-state index in [0.29, 0.717) is 18.3 Å². The fourth-order valence-corrected chi connectivity index (χ4v) is 3.09. The number of urea groups is 1. The Labute approximate surface area is 151 Å². The Bertz CT molecular complexity index is 557. The van der Waals surface area contributed by atoms with Crippen molar-refractivity contribution in [2.75, 3.05) is 46.9 Å². The Hall–Kier alpha value is -1.95. The highest BCUT2D eigenvalue weighted by molar-refractivity contribution is 5.74. The van der Waals surface area contributed by atoms with Gasteiger partial charge in [0.05, 0.1) is 14.2 Å². The maximum atomic E-state index is 12.3. The standard InChI is InChI=1S/C19H31N3O3/c1-5-15(2)21-10-12-22(13-11-21)19(23)20-9-8-16-6-7-17(24-3)18(14-16)25-4/h6-7,14-15H,5,8-13H2,1-4H3,(H,20,23). The summed E-state index contributed by atoms with van der Waals surface area (Å²) in [6.07, 6.45) is 1.91. The molecule has 0 saturated carbocycles. The monoisotopic (exact) mass is 349 g/mol. The predicted molar refractivity (Wildman–Crippen MR) is 99.5 cm³/mol. The summed E-state index contributed by atoms with van der Waals surface area (Å²) in [7, 11) is 3.25. The molecule has 0 bridgehead atoms. The van der Waals surface area contributed by atoms with Crippen molar-refractivity contribution in [3.63, 3.8) is 0 Å². The van der Waals surface area contributed by atoms with Crippen LogP contribution in [0.15, 0.2) is 18.2 Å². The van der Waals surface area contributed by atoms with Gasteiger partial charge in [-0.25, -0.2) is 4.79 Å². The second-order valence-corrected chi connectivity index (χ2v) is 6.45. The summed E-state index contributed by atoms with van der Waals surface area (Å²) in [6.45, 7) is 8.58. The minimum atomic E-state index is 0.0317. The Morgan fingerprint density at radius 3 is 2.44 bits per heavy atom. The molecule has 1 saturated heterocycles. The van der Waals surface area contributed by atoms with Gasteiger partial charge in [-0.1, -0.05) is 13.0 Å². The zero-order valence-electron chi connectivity index (χ0n) is 15.9. The Kier molecular flexibility index (Phi) is 7.37. The van der Waals surface area contributed by atoms with Gasteiger partial charge in [0.25, 0.3) is 0 Å². The summed E-state index contributed by atoms with van der Waals surface area (Å²) in [5, 5.41) is 3.02. The first-order valence-electron chi connectivity index (χ1n) is 9.06. The average Bonchev–Trinajstić information content (AvgIpc) is 2.67. The van der Waals surface area contributed by atoms with E-state index in [4.69, 9.17) is 9.47 Å². The molecule has 0 aromatic heterocycles. The lowest BCUT2D eigenvalue weighted by Gasteiger charge is -2.37. The lowest BCUT2D eigenvalue weighted by Crippen LogP contribution is -2.53. The molecule has 2 rings (SSSR count). The van der Waals surface area contributed by atoms with Gasteiger partial charge < -0.3 is 19.7 Å². The van der Waals surface area contributed by atoms with Crippen molar-refractivity contribution in [2.45, 2.75) is 32.7 Å². The van der Waals surface area contributed by atoms with Gasteiger partial charge in [-0.05, 0) is 37.5 Å². The Morgan fingerprint density at radius 2 is 1.84 bits per heavy atom. The lowest BCUT2D eigenvalue weighted by molar-refractivity contribution is 0.112. The van der Waals surface area contributed by atoms with Crippen LogP contribution >= 0.6 is 0 Å². The van der Waals surface area contributed by atoms with E-state index >= 15 is 0 Å². The van der Waals surface area contributed by atoms with Gasteiger partial charge in [0.1, 0.15) is 0 Å². The predicted octanol–water partition coefficient (Wildman–Crippen LogP) is 2.37. The van der Waals surface area contributed by atoms with Crippen molar-refractivity contribution in [3.8, 4) is 11.5 Å². The van der Waals surface area contributed by atoms with E-state index in [1.807, 2.05) is 23.1 Å². The van der Waals surface area contributed by atoms with Crippen LogP contribution in [0.4, 0.5) is 4.79 Å². The third-order valence-corrected chi connectivity index (χ3v) is 4.95. The van der Waals surface area contributed by atoms with Gasteiger partial charge in [-0.15, -0.1) is 0 Å². The third kappa shape index (κ3) is 5.26. The first-order valence-corrected chi connectivity index (χ1v) is 9.06. The molecular weight excluding hydrogens is 318 g/mol. The number of ether oxygens (including phenoxy) is 2. The number of hydrogen-bond donors (Lipinski definition) is 1. The van der Waals surface area contributed by atoms with Crippen LogP contribution in [0.3, 0.4) is 0 Å². The minimum Gasteiger partial charge on any atom is -0.493 e.